The first-order valence-electron chi connectivity index (χ1n) is 8.77. The molecule has 0 saturated heterocycles. The van der Waals surface area contributed by atoms with Crippen molar-refractivity contribution in [3.05, 3.63) is 92.8 Å². The van der Waals surface area contributed by atoms with Gasteiger partial charge in [-0.3, -0.25) is 0 Å². The van der Waals surface area contributed by atoms with Gasteiger partial charge in [-0.25, -0.2) is 9.78 Å². The van der Waals surface area contributed by atoms with Crippen LogP contribution < -0.4 is 16.1 Å². The second-order valence-electron chi connectivity index (χ2n) is 6.61. The highest BCUT2D eigenvalue weighted by Crippen LogP contribution is 2.45. The van der Waals surface area contributed by atoms with Crippen LogP contribution in [0.25, 0.3) is 21.9 Å². The summed E-state index contributed by atoms with van der Waals surface area (Å²) in [7, 11) is 0. The van der Waals surface area contributed by atoms with Crippen LogP contribution in [0, 0.1) is 11.3 Å². The lowest BCUT2D eigenvalue weighted by Gasteiger charge is -2.26. The number of nitriles is 1. The number of rotatable bonds is 1. The number of allylic oxidation sites excluding steroid dienone is 1. The van der Waals surface area contributed by atoms with Crippen molar-refractivity contribution in [3.63, 3.8) is 0 Å². The highest BCUT2D eigenvalue weighted by molar-refractivity contribution is 6.30. The Morgan fingerprint density at radius 3 is 2.72 bits per heavy atom. The van der Waals surface area contributed by atoms with E-state index in [1.165, 1.54) is 0 Å². The third-order valence-corrected chi connectivity index (χ3v) is 5.29. The number of ether oxygens (including phenoxy) is 1. The van der Waals surface area contributed by atoms with Crippen molar-refractivity contribution in [1.29, 1.82) is 5.26 Å². The summed E-state index contributed by atoms with van der Waals surface area (Å²) in [6.07, 6.45) is 0. The van der Waals surface area contributed by atoms with Gasteiger partial charge in [-0.05, 0) is 24.3 Å². The molecule has 1 aliphatic rings. The molecule has 2 aromatic carbocycles. The van der Waals surface area contributed by atoms with Gasteiger partial charge in [0, 0.05) is 10.9 Å². The van der Waals surface area contributed by atoms with Crippen LogP contribution in [0.15, 0.2) is 75.3 Å². The van der Waals surface area contributed by atoms with Crippen LogP contribution in [0.5, 0.6) is 5.75 Å². The fourth-order valence-corrected chi connectivity index (χ4v) is 3.94. The highest BCUT2D eigenvalue weighted by Gasteiger charge is 2.37. The van der Waals surface area contributed by atoms with Gasteiger partial charge in [0.05, 0.1) is 22.4 Å². The fourth-order valence-electron chi connectivity index (χ4n) is 3.69. The van der Waals surface area contributed by atoms with E-state index in [1.54, 1.807) is 24.3 Å². The molecule has 0 spiro atoms. The molecule has 1 aliphatic heterocycles. The molecular weight excluding hydrogens is 390 g/mol. The minimum atomic E-state index is -0.853. The second kappa shape index (κ2) is 6.36. The smallest absolute Gasteiger partial charge is 0.344 e. The number of aromatic nitrogens is 1. The number of para-hydroxylation sites is 2. The van der Waals surface area contributed by atoms with Gasteiger partial charge in [0.15, 0.2) is 5.75 Å². The Hall–Kier alpha value is -3.82. The standard InChI is InChI=1S/C22H12ClN3O3/c23-20-13(9-11-5-1-3-7-15(11)26-20)17-14(10-24)21(25)29-19-12-6-2-4-8-16(12)28-22(27)18(17)19/h1-9,17H,25H2. The van der Waals surface area contributed by atoms with Crippen LogP contribution in [0.2, 0.25) is 5.15 Å². The van der Waals surface area contributed by atoms with Gasteiger partial charge in [-0.2, -0.15) is 5.26 Å². The maximum Gasteiger partial charge on any atom is 0.344 e. The van der Waals surface area contributed by atoms with Gasteiger partial charge in [0.25, 0.3) is 0 Å². The summed E-state index contributed by atoms with van der Waals surface area (Å²) in [5.41, 5.74) is 7.27. The first kappa shape index (κ1) is 17.3. The topological polar surface area (TPSA) is 102 Å². The second-order valence-corrected chi connectivity index (χ2v) is 6.97. The summed E-state index contributed by atoms with van der Waals surface area (Å²) in [6.45, 7) is 0. The summed E-state index contributed by atoms with van der Waals surface area (Å²) in [5, 5.41) is 11.3. The molecule has 0 bridgehead atoms. The van der Waals surface area contributed by atoms with E-state index >= 15 is 0 Å². The Morgan fingerprint density at radius 2 is 1.90 bits per heavy atom. The molecule has 1 atom stereocenters. The Kier molecular flexibility index (Phi) is 3.79. The first-order chi connectivity index (χ1) is 14.1. The number of hydrogen-bond donors (Lipinski definition) is 1. The van der Waals surface area contributed by atoms with Gasteiger partial charge in [0.1, 0.15) is 22.4 Å². The lowest BCUT2D eigenvalue weighted by Crippen LogP contribution is -2.26. The van der Waals surface area contributed by atoms with Crippen molar-refractivity contribution in [3.8, 4) is 11.8 Å². The Balaban J connectivity index is 1.88. The van der Waals surface area contributed by atoms with Gasteiger partial charge in [0.2, 0.25) is 5.88 Å². The van der Waals surface area contributed by atoms with E-state index in [4.69, 9.17) is 26.5 Å². The lowest BCUT2D eigenvalue weighted by atomic mass is 9.84. The highest BCUT2D eigenvalue weighted by atomic mass is 35.5. The molecule has 2 aromatic heterocycles. The maximum atomic E-state index is 12.9. The van der Waals surface area contributed by atoms with Crippen molar-refractivity contribution >= 4 is 33.5 Å². The molecule has 6 nitrogen and oxygen atoms in total. The van der Waals surface area contributed by atoms with E-state index in [2.05, 4.69) is 11.1 Å². The summed E-state index contributed by atoms with van der Waals surface area (Å²) in [6, 6.07) is 18.3. The Morgan fingerprint density at radius 1 is 1.14 bits per heavy atom. The van der Waals surface area contributed by atoms with Crippen LogP contribution in [0.1, 0.15) is 17.0 Å². The number of halogens is 1. The predicted molar refractivity (Wildman–Crippen MR) is 109 cm³/mol. The molecule has 7 heteroatoms. The van der Waals surface area contributed by atoms with E-state index in [1.807, 2.05) is 30.3 Å². The minimum Gasteiger partial charge on any atom is -0.439 e. The molecule has 0 fully saturated rings. The van der Waals surface area contributed by atoms with Crippen LogP contribution in [0.4, 0.5) is 0 Å². The number of hydrogen-bond acceptors (Lipinski definition) is 6. The van der Waals surface area contributed by atoms with Gasteiger partial charge in [-0.15, -0.1) is 0 Å². The minimum absolute atomic E-state index is 0.0787. The van der Waals surface area contributed by atoms with Crippen molar-refractivity contribution in [2.45, 2.75) is 5.92 Å². The molecule has 3 heterocycles. The Labute approximate surface area is 169 Å². The van der Waals surface area contributed by atoms with E-state index in [0.717, 1.165) is 5.39 Å². The first-order valence-corrected chi connectivity index (χ1v) is 9.15. The number of nitrogens with zero attached hydrogens (tertiary/aromatic N) is 2. The third-order valence-electron chi connectivity index (χ3n) is 4.99. The SMILES string of the molecule is N#CC1=C(N)Oc2c(c(=O)oc3ccccc23)C1c1cc2ccccc2nc1Cl. The predicted octanol–water partition coefficient (Wildman–Crippen LogP) is 4.21. The number of nitrogens with two attached hydrogens (primary N) is 1. The zero-order valence-corrected chi connectivity index (χ0v) is 15.6. The largest absolute Gasteiger partial charge is 0.439 e. The zero-order valence-electron chi connectivity index (χ0n) is 14.8. The molecule has 0 amide bonds. The average molecular weight is 402 g/mol. The monoisotopic (exact) mass is 401 g/mol. The van der Waals surface area contributed by atoms with Crippen molar-refractivity contribution in [2.24, 2.45) is 5.73 Å². The molecule has 0 radical (unpaired) electrons. The van der Waals surface area contributed by atoms with E-state index in [-0.39, 0.29) is 27.9 Å². The van der Waals surface area contributed by atoms with Crippen LogP contribution in [-0.4, -0.2) is 4.98 Å². The molecule has 140 valence electrons. The average Bonchev–Trinajstić information content (AvgIpc) is 2.72. The molecule has 2 N–H and O–H groups in total. The molecule has 29 heavy (non-hydrogen) atoms. The quantitative estimate of drug-likeness (QED) is 0.378. The molecule has 0 saturated carbocycles. The fraction of sp³-hybridized carbons (Fsp3) is 0.0455. The summed E-state index contributed by atoms with van der Waals surface area (Å²) >= 11 is 6.49. The van der Waals surface area contributed by atoms with E-state index < -0.39 is 11.5 Å². The summed E-state index contributed by atoms with van der Waals surface area (Å²) in [5.74, 6) is -0.665. The molecule has 0 aliphatic carbocycles. The number of benzene rings is 2. The molecule has 1 unspecified atom stereocenters. The normalized spacial score (nSPS) is 15.8. The van der Waals surface area contributed by atoms with Crippen molar-refractivity contribution in [1.82, 2.24) is 4.98 Å². The van der Waals surface area contributed by atoms with Crippen LogP contribution >= 0.6 is 11.6 Å². The number of fused-ring (bicyclic) bond motifs is 4. The summed E-state index contributed by atoms with van der Waals surface area (Å²) in [4.78, 5) is 17.4. The van der Waals surface area contributed by atoms with Crippen molar-refractivity contribution in [2.75, 3.05) is 0 Å². The van der Waals surface area contributed by atoms with Crippen LogP contribution in [0.3, 0.4) is 0 Å². The molecular formula is C22H12ClN3O3. The van der Waals surface area contributed by atoms with Gasteiger partial charge >= 0.3 is 5.63 Å². The molecule has 4 aromatic rings. The van der Waals surface area contributed by atoms with Gasteiger partial charge < -0.3 is 14.9 Å². The number of pyridine rings is 1. The van der Waals surface area contributed by atoms with Crippen LogP contribution in [-0.2, 0) is 0 Å². The van der Waals surface area contributed by atoms with E-state index in [9.17, 15) is 10.1 Å². The summed E-state index contributed by atoms with van der Waals surface area (Å²) < 4.78 is 11.2. The Bertz CT molecular complexity index is 1450. The van der Waals surface area contributed by atoms with Crippen molar-refractivity contribution < 1.29 is 9.15 Å². The van der Waals surface area contributed by atoms with E-state index in [0.29, 0.717) is 22.0 Å². The zero-order chi connectivity index (χ0) is 20.1. The molecule has 5 rings (SSSR count). The maximum absolute atomic E-state index is 12.9. The third kappa shape index (κ3) is 2.56. The lowest BCUT2D eigenvalue weighted by molar-refractivity contribution is 0.388. The van der Waals surface area contributed by atoms with Gasteiger partial charge in [-0.1, -0.05) is 41.9 Å².